The zero-order valence-corrected chi connectivity index (χ0v) is 21.3. The van der Waals surface area contributed by atoms with E-state index in [1.807, 2.05) is 30.3 Å². The van der Waals surface area contributed by atoms with Gasteiger partial charge in [-0.25, -0.2) is 14.2 Å². The van der Waals surface area contributed by atoms with E-state index in [-0.39, 0.29) is 12.1 Å². The third-order valence-electron chi connectivity index (χ3n) is 6.27. The topological polar surface area (TPSA) is 67.2 Å². The van der Waals surface area contributed by atoms with Gasteiger partial charge in [-0.05, 0) is 55.0 Å². The summed E-state index contributed by atoms with van der Waals surface area (Å²) in [5, 5.41) is 3.59. The van der Waals surface area contributed by atoms with Crippen LogP contribution in [0.5, 0.6) is 0 Å². The number of rotatable bonds is 6. The largest absolute Gasteiger partial charge is 0.322 e. The zero-order chi connectivity index (χ0) is 26.6. The number of aromatic nitrogens is 2. The fourth-order valence-corrected chi connectivity index (χ4v) is 4.58. The second-order valence-electron chi connectivity index (χ2n) is 8.81. The predicted molar refractivity (Wildman–Crippen MR) is 148 cm³/mol. The van der Waals surface area contributed by atoms with Crippen LogP contribution in [0.1, 0.15) is 24.4 Å². The Labute approximate surface area is 223 Å². The summed E-state index contributed by atoms with van der Waals surface area (Å²) < 4.78 is 15.3. The van der Waals surface area contributed by atoms with E-state index < -0.39 is 17.9 Å². The van der Waals surface area contributed by atoms with Gasteiger partial charge < -0.3 is 10.2 Å². The van der Waals surface area contributed by atoms with Gasteiger partial charge in [0, 0.05) is 12.2 Å². The Morgan fingerprint density at radius 1 is 0.974 bits per heavy atom. The van der Waals surface area contributed by atoms with Gasteiger partial charge in [-0.1, -0.05) is 72.3 Å². The molecule has 0 aliphatic carbocycles. The molecule has 1 aromatic heterocycles. The molecule has 2 amide bonds. The summed E-state index contributed by atoms with van der Waals surface area (Å²) in [6.45, 7) is 2.02. The quantitative estimate of drug-likeness (QED) is 0.260. The molecule has 0 aliphatic heterocycles. The first-order chi connectivity index (χ1) is 18.4. The summed E-state index contributed by atoms with van der Waals surface area (Å²) >= 11 is 6.54. The second kappa shape index (κ2) is 10.9. The van der Waals surface area contributed by atoms with Crippen LogP contribution in [-0.2, 0) is 6.54 Å². The molecule has 0 radical (unpaired) electrons. The number of amides is 2. The van der Waals surface area contributed by atoms with Crippen molar-refractivity contribution in [3.05, 3.63) is 136 Å². The molecular weight excluding hydrogens is 503 g/mol. The van der Waals surface area contributed by atoms with E-state index in [2.05, 4.69) is 5.32 Å². The van der Waals surface area contributed by atoms with E-state index >= 15 is 0 Å². The van der Waals surface area contributed by atoms with Crippen LogP contribution < -0.4 is 10.9 Å². The van der Waals surface area contributed by atoms with Crippen molar-refractivity contribution in [3.63, 3.8) is 0 Å². The lowest BCUT2D eigenvalue weighted by Gasteiger charge is -2.31. The van der Waals surface area contributed by atoms with E-state index in [4.69, 9.17) is 16.6 Å². The number of anilines is 1. The number of hydrogen-bond donors (Lipinski definition) is 1. The fourth-order valence-electron chi connectivity index (χ4n) is 4.36. The molecule has 0 fully saturated rings. The van der Waals surface area contributed by atoms with Crippen LogP contribution in [0.2, 0.25) is 5.02 Å². The SMILES string of the molecule is CC(c1nc2ccccc2c(=O)n1-c1ccccc1Cl)N(Cc1ccccc1)C(=O)Nc1cccc(F)c1. The Morgan fingerprint density at radius 2 is 1.68 bits per heavy atom. The summed E-state index contributed by atoms with van der Waals surface area (Å²) in [5.41, 5.74) is 1.87. The molecule has 0 saturated carbocycles. The van der Waals surface area contributed by atoms with E-state index in [1.165, 1.54) is 22.8 Å². The lowest BCUT2D eigenvalue weighted by Crippen LogP contribution is -2.39. The number of halogens is 2. The Morgan fingerprint density at radius 3 is 2.45 bits per heavy atom. The standard InChI is InChI=1S/C30H24ClFN4O2/c1-20(35(19-21-10-3-2-4-11-21)30(38)33-23-13-9-12-22(32)18-23)28-34-26-16-7-5-14-24(26)29(37)36(28)27-17-8-6-15-25(27)31/h2-18,20H,19H2,1H3,(H,33,38). The van der Waals surface area contributed by atoms with Crippen LogP contribution in [0.3, 0.4) is 0 Å². The van der Waals surface area contributed by atoms with Crippen molar-refractivity contribution >= 4 is 34.2 Å². The molecule has 8 heteroatoms. The van der Waals surface area contributed by atoms with Gasteiger partial charge in [0.15, 0.2) is 0 Å². The minimum atomic E-state index is -0.683. The van der Waals surface area contributed by atoms with E-state index in [0.29, 0.717) is 33.1 Å². The molecule has 1 N–H and O–H groups in total. The number of carbonyl (C=O) groups excluding carboxylic acids is 1. The highest BCUT2D eigenvalue weighted by molar-refractivity contribution is 6.32. The number of nitrogens with zero attached hydrogens (tertiary/aromatic N) is 3. The second-order valence-corrected chi connectivity index (χ2v) is 9.22. The van der Waals surface area contributed by atoms with Crippen molar-refractivity contribution in [1.29, 1.82) is 0 Å². The molecule has 0 saturated heterocycles. The molecule has 5 aromatic rings. The highest BCUT2D eigenvalue weighted by atomic mass is 35.5. The van der Waals surface area contributed by atoms with Crippen LogP contribution in [0.4, 0.5) is 14.9 Å². The smallest absolute Gasteiger partial charge is 0.310 e. The van der Waals surface area contributed by atoms with Crippen molar-refractivity contribution < 1.29 is 9.18 Å². The fraction of sp³-hybridized carbons (Fsp3) is 0.100. The van der Waals surface area contributed by atoms with Crippen LogP contribution in [0, 0.1) is 5.82 Å². The van der Waals surface area contributed by atoms with Crippen molar-refractivity contribution in [2.75, 3.05) is 5.32 Å². The number of nitrogens with one attached hydrogen (secondary N) is 1. The van der Waals surface area contributed by atoms with Crippen LogP contribution in [0.15, 0.2) is 108 Å². The van der Waals surface area contributed by atoms with Gasteiger partial charge >= 0.3 is 6.03 Å². The normalized spacial score (nSPS) is 11.8. The van der Waals surface area contributed by atoms with Gasteiger partial charge in [-0.3, -0.25) is 9.36 Å². The Balaban J connectivity index is 1.66. The molecule has 0 spiro atoms. The molecule has 38 heavy (non-hydrogen) atoms. The lowest BCUT2D eigenvalue weighted by molar-refractivity contribution is 0.185. The molecule has 0 aliphatic rings. The van der Waals surface area contributed by atoms with Gasteiger partial charge in [0.2, 0.25) is 0 Å². The van der Waals surface area contributed by atoms with Gasteiger partial charge in [0.25, 0.3) is 5.56 Å². The zero-order valence-electron chi connectivity index (χ0n) is 20.5. The number of fused-ring (bicyclic) bond motifs is 1. The summed E-state index contributed by atoms with van der Waals surface area (Å²) in [6, 6.07) is 28.1. The number of hydrogen-bond acceptors (Lipinski definition) is 3. The molecule has 0 bridgehead atoms. The highest BCUT2D eigenvalue weighted by Gasteiger charge is 2.28. The molecule has 1 heterocycles. The van der Waals surface area contributed by atoms with Gasteiger partial charge in [-0.2, -0.15) is 0 Å². The van der Waals surface area contributed by atoms with Crippen LogP contribution in [0.25, 0.3) is 16.6 Å². The van der Waals surface area contributed by atoms with Crippen LogP contribution >= 0.6 is 11.6 Å². The Hall–Kier alpha value is -4.49. The van der Waals surface area contributed by atoms with Crippen LogP contribution in [-0.4, -0.2) is 20.5 Å². The molecule has 1 unspecified atom stereocenters. The van der Waals surface area contributed by atoms with Crippen molar-refractivity contribution in [3.8, 4) is 5.69 Å². The first kappa shape index (κ1) is 25.2. The highest BCUT2D eigenvalue weighted by Crippen LogP contribution is 2.28. The third kappa shape index (κ3) is 5.14. The molecule has 6 nitrogen and oxygen atoms in total. The summed E-state index contributed by atoms with van der Waals surface area (Å²) in [5.74, 6) is -0.124. The first-order valence-electron chi connectivity index (χ1n) is 12.1. The summed E-state index contributed by atoms with van der Waals surface area (Å²) in [6.07, 6.45) is 0. The molecule has 190 valence electrons. The maximum Gasteiger partial charge on any atom is 0.322 e. The van der Waals surface area contributed by atoms with Gasteiger partial charge in [-0.15, -0.1) is 0 Å². The first-order valence-corrected chi connectivity index (χ1v) is 12.4. The van der Waals surface area contributed by atoms with Gasteiger partial charge in [0.05, 0.1) is 27.7 Å². The van der Waals surface area contributed by atoms with E-state index in [9.17, 15) is 14.0 Å². The van der Waals surface area contributed by atoms with Gasteiger partial charge in [0.1, 0.15) is 11.6 Å². The lowest BCUT2D eigenvalue weighted by atomic mass is 10.1. The number of urea groups is 1. The third-order valence-corrected chi connectivity index (χ3v) is 6.59. The Kier molecular flexibility index (Phi) is 7.20. The average Bonchev–Trinajstić information content (AvgIpc) is 2.92. The molecule has 1 atom stereocenters. The van der Waals surface area contributed by atoms with Crippen molar-refractivity contribution in [2.45, 2.75) is 19.5 Å². The minimum absolute atomic E-state index is 0.217. The predicted octanol–water partition coefficient (Wildman–Crippen LogP) is 6.97. The molecule has 5 rings (SSSR count). The van der Waals surface area contributed by atoms with Crippen molar-refractivity contribution in [1.82, 2.24) is 14.5 Å². The Bertz CT molecular complexity index is 1670. The monoisotopic (exact) mass is 526 g/mol. The van der Waals surface area contributed by atoms with Crippen molar-refractivity contribution in [2.24, 2.45) is 0 Å². The number of para-hydroxylation sites is 2. The maximum absolute atomic E-state index is 13.8. The number of benzene rings is 4. The number of carbonyl (C=O) groups is 1. The maximum atomic E-state index is 13.8. The minimum Gasteiger partial charge on any atom is -0.310 e. The van der Waals surface area contributed by atoms with E-state index in [1.54, 1.807) is 66.4 Å². The van der Waals surface area contributed by atoms with E-state index in [0.717, 1.165) is 5.56 Å². The summed E-state index contributed by atoms with van der Waals surface area (Å²) in [7, 11) is 0. The average molecular weight is 527 g/mol. The molecular formula is C30H24ClFN4O2. The molecule has 4 aromatic carbocycles. The summed E-state index contributed by atoms with van der Waals surface area (Å²) in [4.78, 5) is 33.8.